The second-order valence-corrected chi connectivity index (χ2v) is 7.16. The fourth-order valence-electron chi connectivity index (χ4n) is 2.52. The van der Waals surface area contributed by atoms with E-state index in [1.807, 2.05) is 79.0 Å². The maximum atomic E-state index is 6.11. The van der Waals surface area contributed by atoms with Crippen molar-refractivity contribution in [2.24, 2.45) is 0 Å². The van der Waals surface area contributed by atoms with Gasteiger partial charge >= 0.3 is 0 Å². The molecule has 0 atom stereocenters. The summed E-state index contributed by atoms with van der Waals surface area (Å²) in [6.07, 6.45) is 1.88. The molecule has 0 unspecified atom stereocenters. The van der Waals surface area contributed by atoms with Crippen LogP contribution < -0.4 is 4.74 Å². The van der Waals surface area contributed by atoms with Crippen LogP contribution in [0.4, 0.5) is 0 Å². The first-order valence-corrected chi connectivity index (χ1v) is 9.36. The van der Waals surface area contributed by atoms with Crippen LogP contribution in [0.3, 0.4) is 0 Å². The lowest BCUT2D eigenvalue weighted by molar-refractivity contribution is 0.474. The van der Waals surface area contributed by atoms with Crippen LogP contribution in [0.1, 0.15) is 0 Å². The zero-order valence-corrected chi connectivity index (χ0v) is 16.4. The molecule has 4 nitrogen and oxygen atoms in total. The highest BCUT2D eigenvalue weighted by Gasteiger charge is 2.14. The standard InChI is InChI=1S/C20H13ClIN3O/c21-15-11-9-14(10-12-15)18-13-25(24-23-18)19-8-4-7-17(22)20(19)26-16-5-2-1-3-6-16/h1-13H. The summed E-state index contributed by atoms with van der Waals surface area (Å²) in [6, 6.07) is 23.1. The quantitative estimate of drug-likeness (QED) is 0.342. The number of para-hydroxylation sites is 2. The van der Waals surface area contributed by atoms with E-state index in [-0.39, 0.29) is 0 Å². The summed E-state index contributed by atoms with van der Waals surface area (Å²) in [6.45, 7) is 0. The summed E-state index contributed by atoms with van der Waals surface area (Å²) in [7, 11) is 0. The van der Waals surface area contributed by atoms with E-state index in [9.17, 15) is 0 Å². The van der Waals surface area contributed by atoms with Crippen LogP contribution in [-0.2, 0) is 0 Å². The molecule has 1 aromatic heterocycles. The van der Waals surface area contributed by atoms with E-state index in [0.29, 0.717) is 5.02 Å². The van der Waals surface area contributed by atoms with Gasteiger partial charge in [0.25, 0.3) is 0 Å². The van der Waals surface area contributed by atoms with Crippen molar-refractivity contribution in [3.63, 3.8) is 0 Å². The molecule has 0 N–H and O–H groups in total. The van der Waals surface area contributed by atoms with Crippen LogP contribution in [0, 0.1) is 3.57 Å². The van der Waals surface area contributed by atoms with Crippen LogP contribution in [0.15, 0.2) is 79.0 Å². The average Bonchev–Trinajstić information content (AvgIpc) is 3.15. The Bertz CT molecular complexity index is 1030. The fraction of sp³-hybridized carbons (Fsp3) is 0. The van der Waals surface area contributed by atoms with Crippen molar-refractivity contribution >= 4 is 34.2 Å². The Balaban J connectivity index is 1.72. The van der Waals surface area contributed by atoms with Gasteiger partial charge in [-0.25, -0.2) is 4.68 Å². The van der Waals surface area contributed by atoms with Gasteiger partial charge in [-0.15, -0.1) is 5.10 Å². The number of hydrogen-bond acceptors (Lipinski definition) is 3. The Labute approximate surface area is 169 Å². The van der Waals surface area contributed by atoms with E-state index in [1.165, 1.54) is 0 Å². The van der Waals surface area contributed by atoms with E-state index in [0.717, 1.165) is 32.0 Å². The molecular weight excluding hydrogens is 461 g/mol. The smallest absolute Gasteiger partial charge is 0.166 e. The molecule has 0 aliphatic rings. The first kappa shape index (κ1) is 17.1. The minimum absolute atomic E-state index is 0.692. The Morgan fingerprint density at radius 2 is 1.65 bits per heavy atom. The molecule has 1 heterocycles. The van der Waals surface area contributed by atoms with E-state index < -0.39 is 0 Å². The molecule has 0 fully saturated rings. The first-order valence-electron chi connectivity index (χ1n) is 7.91. The van der Waals surface area contributed by atoms with Crippen molar-refractivity contribution in [3.8, 4) is 28.4 Å². The maximum absolute atomic E-state index is 6.11. The summed E-state index contributed by atoms with van der Waals surface area (Å²) < 4.78 is 8.83. The van der Waals surface area contributed by atoms with Gasteiger partial charge in [-0.3, -0.25) is 0 Å². The Hall–Kier alpha value is -2.38. The molecule has 4 rings (SSSR count). The van der Waals surface area contributed by atoms with Gasteiger partial charge in [0.05, 0.1) is 9.77 Å². The minimum atomic E-state index is 0.692. The monoisotopic (exact) mass is 473 g/mol. The van der Waals surface area contributed by atoms with Crippen molar-refractivity contribution < 1.29 is 4.74 Å². The third-order valence-electron chi connectivity index (χ3n) is 3.79. The van der Waals surface area contributed by atoms with Gasteiger partial charge in [-0.1, -0.05) is 53.2 Å². The molecule has 0 aliphatic carbocycles. The molecular formula is C20H13ClIN3O. The van der Waals surface area contributed by atoms with Gasteiger partial charge < -0.3 is 4.74 Å². The number of hydrogen-bond donors (Lipinski definition) is 0. The Kier molecular flexibility index (Phi) is 4.90. The first-order chi connectivity index (χ1) is 12.7. The Morgan fingerprint density at radius 3 is 2.42 bits per heavy atom. The van der Waals surface area contributed by atoms with Gasteiger partial charge in [0.2, 0.25) is 0 Å². The topological polar surface area (TPSA) is 39.9 Å². The van der Waals surface area contributed by atoms with Crippen LogP contribution in [0.2, 0.25) is 5.02 Å². The summed E-state index contributed by atoms with van der Waals surface area (Å²) in [4.78, 5) is 0. The summed E-state index contributed by atoms with van der Waals surface area (Å²) in [5, 5.41) is 9.25. The minimum Gasteiger partial charge on any atom is -0.454 e. The molecule has 0 amide bonds. The Morgan fingerprint density at radius 1 is 0.885 bits per heavy atom. The normalized spacial score (nSPS) is 10.7. The number of ether oxygens (including phenoxy) is 1. The molecule has 4 aromatic rings. The van der Waals surface area contributed by atoms with E-state index in [2.05, 4.69) is 32.9 Å². The molecule has 0 radical (unpaired) electrons. The highest BCUT2D eigenvalue weighted by molar-refractivity contribution is 14.1. The zero-order valence-electron chi connectivity index (χ0n) is 13.5. The van der Waals surface area contributed by atoms with Gasteiger partial charge in [-0.05, 0) is 59.0 Å². The van der Waals surface area contributed by atoms with Crippen LogP contribution >= 0.6 is 34.2 Å². The van der Waals surface area contributed by atoms with Gasteiger partial charge in [0, 0.05) is 10.6 Å². The number of benzene rings is 3. The number of rotatable bonds is 4. The van der Waals surface area contributed by atoms with E-state index in [1.54, 1.807) is 4.68 Å². The third-order valence-corrected chi connectivity index (χ3v) is 4.89. The second kappa shape index (κ2) is 7.47. The highest BCUT2D eigenvalue weighted by Crippen LogP contribution is 2.33. The summed E-state index contributed by atoms with van der Waals surface area (Å²) >= 11 is 8.22. The molecule has 3 aromatic carbocycles. The molecule has 0 saturated carbocycles. The molecule has 128 valence electrons. The molecule has 0 aliphatic heterocycles. The number of aromatic nitrogens is 3. The van der Waals surface area contributed by atoms with Gasteiger partial charge in [0.15, 0.2) is 5.75 Å². The number of nitrogens with zero attached hydrogens (tertiary/aromatic N) is 3. The van der Waals surface area contributed by atoms with Gasteiger partial charge in [-0.2, -0.15) is 0 Å². The van der Waals surface area contributed by atoms with Crippen molar-refractivity contribution in [2.45, 2.75) is 0 Å². The molecule has 6 heteroatoms. The van der Waals surface area contributed by atoms with Crippen molar-refractivity contribution in [1.29, 1.82) is 0 Å². The predicted octanol–water partition coefficient (Wildman–Crippen LogP) is 5.98. The third kappa shape index (κ3) is 3.59. The highest BCUT2D eigenvalue weighted by atomic mass is 127. The fourth-order valence-corrected chi connectivity index (χ4v) is 3.24. The van der Waals surface area contributed by atoms with Crippen molar-refractivity contribution in [2.75, 3.05) is 0 Å². The van der Waals surface area contributed by atoms with Crippen LogP contribution in [0.25, 0.3) is 16.9 Å². The zero-order chi connectivity index (χ0) is 17.9. The maximum Gasteiger partial charge on any atom is 0.166 e. The van der Waals surface area contributed by atoms with E-state index in [4.69, 9.17) is 16.3 Å². The molecule has 0 saturated heterocycles. The summed E-state index contributed by atoms with van der Waals surface area (Å²) in [5.74, 6) is 1.52. The van der Waals surface area contributed by atoms with Crippen molar-refractivity contribution in [1.82, 2.24) is 15.0 Å². The van der Waals surface area contributed by atoms with Gasteiger partial charge in [0.1, 0.15) is 17.1 Å². The largest absolute Gasteiger partial charge is 0.454 e. The lowest BCUT2D eigenvalue weighted by Gasteiger charge is -2.12. The SMILES string of the molecule is Clc1ccc(-c2cn(-c3cccc(I)c3Oc3ccccc3)nn2)cc1. The molecule has 0 bridgehead atoms. The number of halogens is 2. The molecule has 26 heavy (non-hydrogen) atoms. The predicted molar refractivity (Wildman–Crippen MR) is 111 cm³/mol. The van der Waals surface area contributed by atoms with Crippen LogP contribution in [0.5, 0.6) is 11.5 Å². The lowest BCUT2D eigenvalue weighted by atomic mass is 10.2. The average molecular weight is 474 g/mol. The van der Waals surface area contributed by atoms with Crippen LogP contribution in [-0.4, -0.2) is 15.0 Å². The lowest BCUT2D eigenvalue weighted by Crippen LogP contribution is -2.00. The second-order valence-electron chi connectivity index (χ2n) is 5.56. The summed E-state index contributed by atoms with van der Waals surface area (Å²) in [5.41, 5.74) is 2.55. The van der Waals surface area contributed by atoms with Crippen molar-refractivity contribution in [3.05, 3.63) is 87.6 Å². The van der Waals surface area contributed by atoms with E-state index >= 15 is 0 Å². The molecule has 0 spiro atoms.